The van der Waals surface area contributed by atoms with Crippen molar-refractivity contribution < 1.29 is 4.52 Å². The van der Waals surface area contributed by atoms with Crippen LogP contribution in [0.5, 0.6) is 0 Å². The Morgan fingerprint density at radius 2 is 1.97 bits per heavy atom. The number of aromatic nitrogens is 7. The molecule has 0 aliphatic carbocycles. The predicted molar refractivity (Wildman–Crippen MR) is 114 cm³/mol. The zero-order chi connectivity index (χ0) is 21.4. The molecule has 3 heterocycles. The highest BCUT2D eigenvalue weighted by Gasteiger charge is 2.16. The van der Waals surface area contributed by atoms with Gasteiger partial charge in [0.2, 0.25) is 11.7 Å². The first-order chi connectivity index (χ1) is 15.1. The monoisotopic (exact) mass is 433 g/mol. The van der Waals surface area contributed by atoms with E-state index >= 15 is 0 Å². The van der Waals surface area contributed by atoms with Crippen LogP contribution in [0.2, 0.25) is 5.02 Å². The van der Waals surface area contributed by atoms with Gasteiger partial charge in [-0.25, -0.2) is 9.67 Å². The Bertz CT molecular complexity index is 1450. The minimum absolute atomic E-state index is 0.0595. The van der Waals surface area contributed by atoms with Crippen molar-refractivity contribution in [1.82, 2.24) is 34.7 Å². The highest BCUT2D eigenvalue weighted by Crippen LogP contribution is 2.24. The van der Waals surface area contributed by atoms with Gasteiger partial charge in [0.15, 0.2) is 11.2 Å². The van der Waals surface area contributed by atoms with Gasteiger partial charge in [-0.15, -0.1) is 5.10 Å². The standard InChI is InChI=1S/C21H16ClN7O2/c1-13-5-4-6-14(9-13)10-29-20-18(25-27-29)21(30)28(12-23-20)11-17-24-19(26-31-17)15-7-2-3-8-16(15)22/h2-9,12H,10-11H2,1H3. The lowest BCUT2D eigenvalue weighted by Gasteiger charge is -2.04. The largest absolute Gasteiger partial charge is 0.337 e. The van der Waals surface area contributed by atoms with Crippen molar-refractivity contribution in [3.63, 3.8) is 0 Å². The Morgan fingerprint density at radius 1 is 1.10 bits per heavy atom. The van der Waals surface area contributed by atoms with Crippen LogP contribution in [0.15, 0.2) is 64.2 Å². The van der Waals surface area contributed by atoms with E-state index in [9.17, 15) is 4.79 Å². The quantitative estimate of drug-likeness (QED) is 0.419. The molecule has 0 saturated heterocycles. The summed E-state index contributed by atoms with van der Waals surface area (Å²) < 4.78 is 8.26. The van der Waals surface area contributed by atoms with Crippen molar-refractivity contribution in [2.75, 3.05) is 0 Å². The predicted octanol–water partition coefficient (Wildman–Crippen LogP) is 3.10. The van der Waals surface area contributed by atoms with E-state index in [1.165, 1.54) is 10.9 Å². The Balaban J connectivity index is 1.42. The molecular weight excluding hydrogens is 418 g/mol. The number of fused-ring (bicyclic) bond motifs is 1. The molecule has 9 nitrogen and oxygen atoms in total. The molecule has 2 aromatic carbocycles. The highest BCUT2D eigenvalue weighted by molar-refractivity contribution is 6.33. The lowest BCUT2D eigenvalue weighted by atomic mass is 10.1. The van der Waals surface area contributed by atoms with Crippen molar-refractivity contribution in [2.24, 2.45) is 0 Å². The zero-order valence-electron chi connectivity index (χ0n) is 16.4. The Morgan fingerprint density at radius 3 is 2.81 bits per heavy atom. The molecule has 10 heteroatoms. The average Bonchev–Trinajstić information content (AvgIpc) is 3.38. The maximum atomic E-state index is 12.9. The minimum atomic E-state index is -0.335. The molecule has 0 bridgehead atoms. The normalized spacial score (nSPS) is 11.3. The van der Waals surface area contributed by atoms with Crippen LogP contribution in [0.25, 0.3) is 22.6 Å². The fourth-order valence-corrected chi connectivity index (χ4v) is 3.53. The Labute approximate surface area is 180 Å². The van der Waals surface area contributed by atoms with Crippen LogP contribution in [0.3, 0.4) is 0 Å². The number of rotatable bonds is 5. The number of benzene rings is 2. The Kier molecular flexibility index (Phi) is 4.79. The molecule has 0 unspecified atom stereocenters. The van der Waals surface area contributed by atoms with E-state index in [-0.39, 0.29) is 23.5 Å². The molecule has 31 heavy (non-hydrogen) atoms. The summed E-state index contributed by atoms with van der Waals surface area (Å²) in [6, 6.07) is 15.2. The van der Waals surface area contributed by atoms with E-state index in [2.05, 4.69) is 31.5 Å². The molecule has 0 fully saturated rings. The van der Waals surface area contributed by atoms with Crippen LogP contribution in [0, 0.1) is 6.92 Å². The van der Waals surface area contributed by atoms with Crippen molar-refractivity contribution in [1.29, 1.82) is 0 Å². The maximum Gasteiger partial charge on any atom is 0.283 e. The van der Waals surface area contributed by atoms with Gasteiger partial charge in [-0.1, -0.05) is 63.9 Å². The van der Waals surface area contributed by atoms with Crippen LogP contribution in [0.1, 0.15) is 17.0 Å². The summed E-state index contributed by atoms with van der Waals surface area (Å²) in [5.74, 6) is 0.608. The SMILES string of the molecule is Cc1cccc(Cn2nnc3c(=O)n(Cc4nc(-c5ccccc5Cl)no4)cnc32)c1. The first-order valence-corrected chi connectivity index (χ1v) is 9.88. The summed E-state index contributed by atoms with van der Waals surface area (Å²) >= 11 is 6.18. The van der Waals surface area contributed by atoms with Crippen LogP contribution >= 0.6 is 11.6 Å². The van der Waals surface area contributed by atoms with Crippen LogP contribution in [-0.2, 0) is 13.1 Å². The summed E-state index contributed by atoms with van der Waals surface area (Å²) in [5, 5.41) is 12.6. The molecule has 0 spiro atoms. The van der Waals surface area contributed by atoms with E-state index in [4.69, 9.17) is 16.1 Å². The van der Waals surface area contributed by atoms with E-state index in [0.717, 1.165) is 11.1 Å². The summed E-state index contributed by atoms with van der Waals surface area (Å²) in [4.78, 5) is 21.6. The number of hydrogen-bond donors (Lipinski definition) is 0. The van der Waals surface area contributed by atoms with E-state index in [0.29, 0.717) is 28.6 Å². The van der Waals surface area contributed by atoms with Gasteiger partial charge in [0.25, 0.3) is 5.56 Å². The van der Waals surface area contributed by atoms with Gasteiger partial charge in [0.05, 0.1) is 11.6 Å². The second-order valence-electron chi connectivity index (χ2n) is 7.08. The first-order valence-electron chi connectivity index (χ1n) is 9.50. The van der Waals surface area contributed by atoms with Crippen molar-refractivity contribution in [3.8, 4) is 11.4 Å². The van der Waals surface area contributed by atoms with Gasteiger partial charge in [0, 0.05) is 5.56 Å². The third-order valence-corrected chi connectivity index (χ3v) is 5.12. The number of hydrogen-bond acceptors (Lipinski definition) is 7. The third-order valence-electron chi connectivity index (χ3n) is 4.80. The first kappa shape index (κ1) is 19.1. The molecule has 5 rings (SSSR count). The molecule has 0 saturated carbocycles. The lowest BCUT2D eigenvalue weighted by Crippen LogP contribution is -2.21. The third kappa shape index (κ3) is 3.71. The fraction of sp³-hybridized carbons (Fsp3) is 0.143. The number of nitrogens with zero attached hydrogens (tertiary/aromatic N) is 7. The van der Waals surface area contributed by atoms with Crippen molar-refractivity contribution in [2.45, 2.75) is 20.0 Å². The molecule has 0 atom stereocenters. The smallest absolute Gasteiger partial charge is 0.283 e. The molecule has 0 aliphatic rings. The van der Waals surface area contributed by atoms with E-state index < -0.39 is 0 Å². The van der Waals surface area contributed by atoms with Gasteiger partial charge in [-0.2, -0.15) is 4.98 Å². The summed E-state index contributed by atoms with van der Waals surface area (Å²) in [5.41, 5.74) is 3.12. The highest BCUT2D eigenvalue weighted by atomic mass is 35.5. The summed E-state index contributed by atoms with van der Waals surface area (Å²) in [6.07, 6.45) is 1.43. The van der Waals surface area contributed by atoms with Gasteiger partial charge in [-0.3, -0.25) is 9.36 Å². The van der Waals surface area contributed by atoms with E-state index in [1.54, 1.807) is 16.8 Å². The van der Waals surface area contributed by atoms with Gasteiger partial charge >= 0.3 is 0 Å². The van der Waals surface area contributed by atoms with Gasteiger partial charge in [-0.05, 0) is 24.6 Å². The molecule has 5 aromatic rings. The molecule has 0 aliphatic heterocycles. The zero-order valence-corrected chi connectivity index (χ0v) is 17.2. The average molecular weight is 434 g/mol. The van der Waals surface area contributed by atoms with Crippen molar-refractivity contribution >= 4 is 22.8 Å². The van der Waals surface area contributed by atoms with Gasteiger partial charge in [0.1, 0.15) is 12.9 Å². The minimum Gasteiger partial charge on any atom is -0.337 e. The topological polar surface area (TPSA) is 105 Å². The van der Waals surface area contributed by atoms with Crippen molar-refractivity contribution in [3.05, 3.63) is 87.3 Å². The molecule has 0 N–H and O–H groups in total. The van der Waals surface area contributed by atoms with Crippen LogP contribution in [0.4, 0.5) is 0 Å². The van der Waals surface area contributed by atoms with Crippen LogP contribution < -0.4 is 5.56 Å². The Hall–Kier alpha value is -3.85. The van der Waals surface area contributed by atoms with Gasteiger partial charge < -0.3 is 4.52 Å². The molecule has 154 valence electrons. The number of halogens is 1. The second-order valence-corrected chi connectivity index (χ2v) is 7.48. The second kappa shape index (κ2) is 7.77. The molecule has 0 amide bonds. The molecular formula is C21H16ClN7O2. The molecule has 0 radical (unpaired) electrons. The fourth-order valence-electron chi connectivity index (χ4n) is 3.31. The lowest BCUT2D eigenvalue weighted by molar-refractivity contribution is 0.369. The van der Waals surface area contributed by atoms with Crippen LogP contribution in [-0.4, -0.2) is 34.7 Å². The summed E-state index contributed by atoms with van der Waals surface area (Å²) in [6.45, 7) is 2.55. The molecule has 3 aromatic heterocycles. The number of aryl methyl sites for hydroxylation is 1. The summed E-state index contributed by atoms with van der Waals surface area (Å²) in [7, 11) is 0. The van der Waals surface area contributed by atoms with E-state index in [1.807, 2.05) is 37.3 Å². The maximum absolute atomic E-state index is 12.9.